The summed E-state index contributed by atoms with van der Waals surface area (Å²) in [6.45, 7) is 4.54. The quantitative estimate of drug-likeness (QED) is 0.301. The van der Waals surface area contributed by atoms with Gasteiger partial charge in [-0.1, -0.05) is 36.4 Å². The lowest BCUT2D eigenvalue weighted by Crippen LogP contribution is -2.36. The van der Waals surface area contributed by atoms with Crippen LogP contribution in [0.15, 0.2) is 84.0 Å². The molecule has 1 saturated heterocycles. The second kappa shape index (κ2) is 11.9. The number of amides is 1. The zero-order valence-electron chi connectivity index (χ0n) is 22.9. The predicted molar refractivity (Wildman–Crippen MR) is 157 cm³/mol. The average Bonchev–Trinajstić information content (AvgIpc) is 3.41. The Balaban J connectivity index is 1.51. The van der Waals surface area contributed by atoms with E-state index < -0.39 is 15.9 Å². The van der Waals surface area contributed by atoms with Crippen LogP contribution in [0.4, 0.5) is 11.6 Å². The number of hydrogen-bond acceptors (Lipinski definition) is 9. The van der Waals surface area contributed by atoms with Crippen molar-refractivity contribution in [2.24, 2.45) is 0 Å². The van der Waals surface area contributed by atoms with Gasteiger partial charge in [-0.15, -0.1) is 0 Å². The van der Waals surface area contributed by atoms with Crippen molar-refractivity contribution < 1.29 is 17.9 Å². The molecule has 1 unspecified atom stereocenters. The molecule has 3 aromatic heterocycles. The molecule has 1 aliphatic heterocycles. The van der Waals surface area contributed by atoms with Crippen LogP contribution in [-0.4, -0.2) is 48.0 Å². The van der Waals surface area contributed by atoms with Crippen LogP contribution >= 0.6 is 0 Å². The van der Waals surface area contributed by atoms with Crippen molar-refractivity contribution in [3.05, 3.63) is 90.1 Å². The first-order valence-corrected chi connectivity index (χ1v) is 14.9. The lowest BCUT2D eigenvalue weighted by molar-refractivity contribution is 0.0981. The SMILES string of the molecule is CC(C)Oc1ccc(-c2ccc(C(=O)NS(=O)(=O)c3cccc(N)n3)c(N3CCCC3Cc3ccccc3)n2)cn1. The maximum absolute atomic E-state index is 13.5. The van der Waals surface area contributed by atoms with Crippen LogP contribution in [0.2, 0.25) is 0 Å². The molecule has 1 aliphatic rings. The first-order valence-electron chi connectivity index (χ1n) is 13.4. The van der Waals surface area contributed by atoms with Crippen LogP contribution < -0.4 is 20.1 Å². The molecule has 5 rings (SSSR count). The van der Waals surface area contributed by atoms with Crippen LogP contribution in [0.25, 0.3) is 11.3 Å². The molecule has 4 heterocycles. The molecule has 11 heteroatoms. The summed E-state index contributed by atoms with van der Waals surface area (Å²) in [4.78, 5) is 28.8. The number of nitrogens with one attached hydrogen (secondary N) is 1. The number of nitrogen functional groups attached to an aromatic ring is 1. The fourth-order valence-corrected chi connectivity index (χ4v) is 5.81. The highest BCUT2D eigenvalue weighted by Crippen LogP contribution is 2.32. The lowest BCUT2D eigenvalue weighted by atomic mass is 10.0. The summed E-state index contributed by atoms with van der Waals surface area (Å²) in [6, 6.07) is 21.4. The van der Waals surface area contributed by atoms with Crippen LogP contribution in [0.3, 0.4) is 0 Å². The number of rotatable bonds is 9. The first kappa shape index (κ1) is 28.0. The zero-order valence-corrected chi connectivity index (χ0v) is 23.7. The maximum Gasteiger partial charge on any atom is 0.281 e. The Morgan fingerprint density at radius 1 is 1.05 bits per heavy atom. The third kappa shape index (κ3) is 6.63. The van der Waals surface area contributed by atoms with E-state index in [0.29, 0.717) is 23.9 Å². The Morgan fingerprint density at radius 2 is 1.85 bits per heavy atom. The monoisotopic (exact) mass is 572 g/mol. The number of carbonyl (C=O) groups excluding carboxylic acids is 1. The molecule has 0 aliphatic carbocycles. The number of aromatic nitrogens is 3. The summed E-state index contributed by atoms with van der Waals surface area (Å²) < 4.78 is 33.8. The van der Waals surface area contributed by atoms with Gasteiger partial charge in [-0.3, -0.25) is 4.79 Å². The number of anilines is 2. The third-order valence-electron chi connectivity index (χ3n) is 6.72. The second-order valence-electron chi connectivity index (χ2n) is 10.1. The molecule has 1 atom stereocenters. The second-order valence-corrected chi connectivity index (χ2v) is 11.8. The van der Waals surface area contributed by atoms with Crippen LogP contribution in [0.1, 0.15) is 42.6 Å². The van der Waals surface area contributed by atoms with E-state index >= 15 is 0 Å². The Kier molecular flexibility index (Phi) is 8.16. The summed E-state index contributed by atoms with van der Waals surface area (Å²) in [5, 5.41) is -0.338. The zero-order chi connectivity index (χ0) is 29.0. The number of nitrogens with two attached hydrogens (primary N) is 1. The van der Waals surface area contributed by atoms with Crippen LogP contribution in [0.5, 0.6) is 5.88 Å². The van der Waals surface area contributed by atoms with E-state index in [2.05, 4.69) is 31.7 Å². The molecule has 0 saturated carbocycles. The Labute approximate surface area is 239 Å². The molecule has 10 nitrogen and oxygen atoms in total. The number of nitrogens with zero attached hydrogens (tertiary/aromatic N) is 4. The van der Waals surface area contributed by atoms with Crippen molar-refractivity contribution in [1.29, 1.82) is 0 Å². The molecule has 0 spiro atoms. The molecule has 4 aromatic rings. The summed E-state index contributed by atoms with van der Waals surface area (Å²) in [5.41, 5.74) is 8.33. The van der Waals surface area contributed by atoms with Gasteiger partial charge in [-0.25, -0.2) is 19.7 Å². The van der Waals surface area contributed by atoms with Gasteiger partial charge in [0.2, 0.25) is 5.88 Å². The Morgan fingerprint density at radius 3 is 2.56 bits per heavy atom. The number of ether oxygens (including phenoxy) is 1. The predicted octanol–water partition coefficient (Wildman–Crippen LogP) is 4.24. The molecule has 1 amide bonds. The van der Waals surface area contributed by atoms with Crippen molar-refractivity contribution in [2.75, 3.05) is 17.2 Å². The molecule has 1 aromatic carbocycles. The minimum absolute atomic E-state index is 0.00797. The highest BCUT2D eigenvalue weighted by molar-refractivity contribution is 7.90. The first-order chi connectivity index (χ1) is 19.7. The molecule has 0 radical (unpaired) electrons. The topological polar surface area (TPSA) is 140 Å². The Hall–Kier alpha value is -4.51. The van der Waals surface area contributed by atoms with E-state index in [0.717, 1.165) is 24.8 Å². The fraction of sp³-hybridized carbons (Fsp3) is 0.267. The molecular formula is C30H32N6O4S. The van der Waals surface area contributed by atoms with Gasteiger partial charge in [0, 0.05) is 30.4 Å². The minimum Gasteiger partial charge on any atom is -0.475 e. The van der Waals surface area contributed by atoms with Gasteiger partial charge in [0.05, 0.1) is 17.4 Å². The third-order valence-corrected chi connectivity index (χ3v) is 7.95. The molecule has 212 valence electrons. The van der Waals surface area contributed by atoms with E-state index in [1.807, 2.05) is 38.1 Å². The smallest absolute Gasteiger partial charge is 0.281 e. The van der Waals surface area contributed by atoms with Gasteiger partial charge in [-0.2, -0.15) is 8.42 Å². The molecule has 0 bridgehead atoms. The van der Waals surface area contributed by atoms with Crippen molar-refractivity contribution in [3.8, 4) is 17.1 Å². The summed E-state index contributed by atoms with van der Waals surface area (Å²) in [6.07, 6.45) is 4.26. The van der Waals surface area contributed by atoms with Crippen molar-refractivity contribution in [3.63, 3.8) is 0 Å². The standard InChI is InChI=1S/C30H32N6O4S/c1-20(2)40-27-16-13-22(19-32-27)25-15-14-24(30(37)35-41(38,39)28-12-6-11-26(31)34-28)29(33-25)36-17-7-10-23(36)18-21-8-4-3-5-9-21/h3-6,8-9,11-16,19-20,23H,7,10,17-18H2,1-2H3,(H2,31,34)(H,35,37). The van der Waals surface area contributed by atoms with Crippen molar-refractivity contribution in [1.82, 2.24) is 19.7 Å². The van der Waals surface area contributed by atoms with Crippen LogP contribution in [-0.2, 0) is 16.4 Å². The van der Waals surface area contributed by atoms with Gasteiger partial charge in [0.25, 0.3) is 15.9 Å². The fourth-order valence-electron chi connectivity index (χ4n) is 4.87. The summed E-state index contributed by atoms with van der Waals surface area (Å²) >= 11 is 0. The maximum atomic E-state index is 13.5. The number of sulfonamides is 1. The normalized spacial score (nSPS) is 15.2. The number of carbonyl (C=O) groups is 1. The van der Waals surface area contributed by atoms with E-state index in [1.54, 1.807) is 24.4 Å². The molecule has 1 fully saturated rings. The van der Waals surface area contributed by atoms with Gasteiger partial charge in [0.15, 0.2) is 5.03 Å². The van der Waals surface area contributed by atoms with Gasteiger partial charge < -0.3 is 15.4 Å². The van der Waals surface area contributed by atoms with E-state index in [9.17, 15) is 13.2 Å². The molecular weight excluding hydrogens is 540 g/mol. The van der Waals surface area contributed by atoms with Gasteiger partial charge in [0.1, 0.15) is 11.6 Å². The largest absolute Gasteiger partial charge is 0.475 e. The average molecular weight is 573 g/mol. The lowest BCUT2D eigenvalue weighted by Gasteiger charge is -2.28. The van der Waals surface area contributed by atoms with E-state index in [-0.39, 0.29) is 28.6 Å². The van der Waals surface area contributed by atoms with Gasteiger partial charge in [-0.05, 0) is 69.0 Å². The number of benzene rings is 1. The highest BCUT2D eigenvalue weighted by atomic mass is 32.2. The van der Waals surface area contributed by atoms with E-state index in [4.69, 9.17) is 15.5 Å². The Bertz CT molecular complexity index is 1630. The van der Waals surface area contributed by atoms with E-state index in [1.165, 1.54) is 23.8 Å². The summed E-state index contributed by atoms with van der Waals surface area (Å²) in [7, 11) is -4.27. The minimum atomic E-state index is -4.27. The number of pyridine rings is 3. The molecule has 41 heavy (non-hydrogen) atoms. The van der Waals surface area contributed by atoms with Crippen LogP contribution in [0, 0.1) is 0 Å². The van der Waals surface area contributed by atoms with Crippen molar-refractivity contribution in [2.45, 2.75) is 50.3 Å². The number of hydrogen-bond donors (Lipinski definition) is 2. The van der Waals surface area contributed by atoms with Gasteiger partial charge >= 0.3 is 0 Å². The summed E-state index contributed by atoms with van der Waals surface area (Å²) in [5.74, 6) is 0.151. The van der Waals surface area contributed by atoms with Crippen molar-refractivity contribution >= 4 is 27.6 Å². The highest BCUT2D eigenvalue weighted by Gasteiger charge is 2.31. The molecule has 3 N–H and O–H groups in total.